The summed E-state index contributed by atoms with van der Waals surface area (Å²) in [6.07, 6.45) is 11.8. The number of amides is 1. The molecule has 23 heteroatoms. The van der Waals surface area contributed by atoms with Gasteiger partial charge in [-0.05, 0) is 75.0 Å². The minimum Gasteiger partial charge on any atom is -0.394 e. The van der Waals surface area contributed by atoms with Crippen molar-refractivity contribution in [3.05, 3.63) is 397 Å². The van der Waals surface area contributed by atoms with Crippen molar-refractivity contribution in [2.24, 2.45) is 0 Å². The van der Waals surface area contributed by atoms with E-state index in [2.05, 4.69) is 335 Å². The Morgan fingerprint density at radius 3 is 0.891 bits per heavy atom. The first kappa shape index (κ1) is 78.2. The molecule has 3 saturated heterocycles. The Morgan fingerprint density at radius 2 is 0.605 bits per heavy atom. The highest BCUT2D eigenvalue weighted by atomic mass is 16.5. The van der Waals surface area contributed by atoms with Gasteiger partial charge >= 0.3 is 0 Å². The number of nitrogens with zero attached hydrogens (tertiary/aromatic N) is 12. The molecule has 1 amide bonds. The number of nitrogens with two attached hydrogens (primary N) is 2. The number of anilines is 3. The van der Waals surface area contributed by atoms with Gasteiger partial charge < -0.3 is 36.1 Å². The summed E-state index contributed by atoms with van der Waals surface area (Å²) in [6, 6.07) is 104. The number of ether oxygens (including phenoxy) is 3. The van der Waals surface area contributed by atoms with Gasteiger partial charge in [0.05, 0.1) is 60.5 Å². The van der Waals surface area contributed by atoms with E-state index in [4.69, 9.17) is 25.7 Å². The van der Waals surface area contributed by atoms with Crippen LogP contribution in [0.15, 0.2) is 341 Å². The second-order valence-electron chi connectivity index (χ2n) is 29.9. The van der Waals surface area contributed by atoms with E-state index in [1.165, 1.54) is 35.7 Å². The average molecular weight is 1580 g/mol. The van der Waals surface area contributed by atoms with Crippen LogP contribution in [0.4, 0.5) is 17.5 Å². The van der Waals surface area contributed by atoms with Crippen LogP contribution in [0.5, 0.6) is 0 Å². The Kier molecular flexibility index (Phi) is 23.1. The second-order valence-corrected chi connectivity index (χ2v) is 29.9. The third-order valence-corrected chi connectivity index (χ3v) is 23.1. The Labute approximate surface area is 689 Å². The number of benzene rings is 10. The number of fused-ring (bicyclic) bond motifs is 3. The minimum atomic E-state index is -0.677. The number of nitrogen functional groups attached to an aromatic ring is 2. The molecule has 3 fully saturated rings. The standard InChI is InChI=1S/C37H34N6O2.C30H30N6O.C29H28N6O2/c1-2-31-30(42-37(27-17-9-4-10-18-27,28-19-11-5-12-20-28)29-21-13-6-14-22-29)23-32(45-31)43-25-40-33-34(38-24-39-35(33)43)41-36(44)26-15-7-3-8-16-26;1-2-25-24(18-26(37-25)36-20-34-27-28(31)32-19-33-29(27)36)35-30(21-12-6-3-7-13-21,22-14-8-4-9-15-22)23-16-10-5-11-17-23;30-27-26-28(32-18-31-27)35(19-33-26)25-16-23(24(17-36)37-25)34-29(20-10-4-1-5-11-20,21-12-6-2-7-13-21)22-14-8-3-9-15-22/h3-22,24-25,30-32,42H,2,23H2,1H3,(H,38,39,41,44);3-17,19-20,24-26,35H,2,18H2,1H3,(H2,31,32,33);1-15,18-19,23-25,34,36H,16-17H2,(H2,30,31,32)/t30-,31-,32-;24-,25-,26-;23-,24-,25-/m111/s1. The van der Waals surface area contributed by atoms with Crippen LogP contribution in [-0.4, -0.2) is 113 Å². The van der Waals surface area contributed by atoms with E-state index in [0.29, 0.717) is 69.4 Å². The molecule has 9 N–H and O–H groups in total. The number of aromatic nitrogens is 12. The molecule has 3 aliphatic rings. The zero-order chi connectivity index (χ0) is 81.1. The molecule has 0 unspecified atom stereocenters. The molecule has 9 atom stereocenters. The molecule has 596 valence electrons. The molecule has 16 aromatic rings. The highest BCUT2D eigenvalue weighted by Crippen LogP contribution is 2.46. The van der Waals surface area contributed by atoms with Gasteiger partial charge in [-0.25, -0.2) is 44.9 Å². The van der Waals surface area contributed by atoms with Crippen molar-refractivity contribution >= 4 is 56.9 Å². The summed E-state index contributed by atoms with van der Waals surface area (Å²) in [7, 11) is 0. The molecule has 0 radical (unpaired) electrons. The second kappa shape index (κ2) is 35.2. The van der Waals surface area contributed by atoms with Crippen molar-refractivity contribution in [1.29, 1.82) is 0 Å². The lowest BCUT2D eigenvalue weighted by atomic mass is 9.76. The summed E-state index contributed by atoms with van der Waals surface area (Å²) >= 11 is 0. The van der Waals surface area contributed by atoms with Crippen LogP contribution >= 0.6 is 0 Å². The summed E-state index contributed by atoms with van der Waals surface area (Å²) in [5.74, 6) is 0.811. The fourth-order valence-corrected chi connectivity index (χ4v) is 17.5. The molecule has 3 aliphatic heterocycles. The average Bonchev–Trinajstić information content (AvgIpc) is 1.71. The first-order valence-corrected chi connectivity index (χ1v) is 40.4. The third kappa shape index (κ3) is 15.5. The molecular weight excluding hydrogens is 1490 g/mol. The van der Waals surface area contributed by atoms with E-state index in [1.807, 2.05) is 50.1 Å². The van der Waals surface area contributed by atoms with Crippen LogP contribution < -0.4 is 32.7 Å². The van der Waals surface area contributed by atoms with Crippen LogP contribution in [0.2, 0.25) is 0 Å². The van der Waals surface area contributed by atoms with E-state index in [0.717, 1.165) is 52.6 Å². The molecular formula is C96H92N18O5. The predicted octanol–water partition coefficient (Wildman–Crippen LogP) is 15.4. The Bertz CT molecular complexity index is 5470. The normalized spacial score (nSPS) is 19.2. The van der Waals surface area contributed by atoms with Crippen LogP contribution in [0.3, 0.4) is 0 Å². The lowest BCUT2D eigenvalue weighted by Crippen LogP contribution is -2.53. The molecule has 0 aliphatic carbocycles. The maximum absolute atomic E-state index is 12.9. The van der Waals surface area contributed by atoms with E-state index < -0.39 is 22.7 Å². The maximum Gasteiger partial charge on any atom is 0.256 e. The van der Waals surface area contributed by atoms with Crippen molar-refractivity contribution in [3.8, 4) is 0 Å². The lowest BCUT2D eigenvalue weighted by Gasteiger charge is -2.40. The first-order valence-electron chi connectivity index (χ1n) is 40.4. The quantitative estimate of drug-likeness (QED) is 0.0293. The number of hydrogen-bond acceptors (Lipinski definition) is 19. The summed E-state index contributed by atoms with van der Waals surface area (Å²) in [6.45, 7) is 4.19. The van der Waals surface area contributed by atoms with Crippen LogP contribution in [0.25, 0.3) is 33.5 Å². The predicted molar refractivity (Wildman–Crippen MR) is 461 cm³/mol. The van der Waals surface area contributed by atoms with E-state index in [1.54, 1.807) is 31.1 Å². The SMILES string of the molecule is CC[C@H]1O[C@@H](n2cnc3c(N)ncnc32)C[C@H]1NC(c1ccccc1)(c1ccccc1)c1ccccc1.CC[C@H]1O[C@@H](n2cnc3c(NC(=O)c4ccccc4)ncnc32)C[C@H]1NC(c1ccccc1)(c1ccccc1)c1ccccc1.Nc1ncnc2c1ncn2[C@H]1C[C@@H](NC(c2ccccc2)(c2ccccc2)c2ccccc2)[C@@H](CO)O1. The number of hydrogen-bond donors (Lipinski definition) is 7. The summed E-state index contributed by atoms with van der Waals surface area (Å²) in [5, 5.41) is 25.5. The smallest absolute Gasteiger partial charge is 0.256 e. The van der Waals surface area contributed by atoms with Crippen LogP contribution in [-0.2, 0) is 30.8 Å². The Balaban J connectivity index is 0.000000129. The topological polar surface area (TPSA) is 296 Å². The Hall–Kier alpha value is -13.4. The maximum atomic E-state index is 12.9. The zero-order valence-electron chi connectivity index (χ0n) is 65.9. The first-order chi connectivity index (χ1) is 58.6. The van der Waals surface area contributed by atoms with E-state index >= 15 is 0 Å². The summed E-state index contributed by atoms with van der Waals surface area (Å²) in [4.78, 5) is 52.2. The molecule has 23 nitrogen and oxygen atoms in total. The third-order valence-electron chi connectivity index (χ3n) is 23.1. The van der Waals surface area contributed by atoms with Crippen LogP contribution in [0.1, 0.15) is 125 Å². The number of carbonyl (C=O) groups excluding carboxylic acids is 1. The number of rotatable bonds is 23. The molecule has 10 aromatic carbocycles. The number of nitrogens with one attached hydrogen (secondary N) is 4. The fraction of sp³-hybridized carbons (Fsp3) is 0.208. The number of carbonyl (C=O) groups is 1. The van der Waals surface area contributed by atoms with Gasteiger partial charge in [0.25, 0.3) is 5.91 Å². The number of imidazole rings is 3. The minimum absolute atomic E-state index is 0.00263. The molecule has 19 rings (SSSR count). The lowest BCUT2D eigenvalue weighted by molar-refractivity contribution is -0.0264. The largest absolute Gasteiger partial charge is 0.394 e. The Morgan fingerprint density at radius 1 is 0.353 bits per heavy atom. The van der Waals surface area contributed by atoms with E-state index in [9.17, 15) is 9.90 Å². The molecule has 6 aromatic heterocycles. The van der Waals surface area contributed by atoms with Gasteiger partial charge in [-0.15, -0.1) is 0 Å². The zero-order valence-corrected chi connectivity index (χ0v) is 65.9. The molecule has 0 bridgehead atoms. The van der Waals surface area contributed by atoms with Gasteiger partial charge in [0, 0.05) is 43.0 Å². The van der Waals surface area contributed by atoms with Gasteiger partial charge in [0.1, 0.15) is 48.7 Å². The molecule has 0 saturated carbocycles. The van der Waals surface area contributed by atoms with Crippen molar-refractivity contribution in [3.63, 3.8) is 0 Å². The molecule has 0 spiro atoms. The van der Waals surface area contributed by atoms with Gasteiger partial charge in [-0.3, -0.25) is 34.4 Å². The van der Waals surface area contributed by atoms with Gasteiger partial charge in [-0.2, -0.15) is 0 Å². The van der Waals surface area contributed by atoms with Crippen molar-refractivity contribution < 1.29 is 24.1 Å². The number of aliphatic hydroxyl groups excluding tert-OH is 1. The van der Waals surface area contributed by atoms with Gasteiger partial charge in [-0.1, -0.05) is 305 Å². The van der Waals surface area contributed by atoms with Crippen LogP contribution in [0, 0.1) is 0 Å². The summed E-state index contributed by atoms with van der Waals surface area (Å²) < 4.78 is 25.5. The van der Waals surface area contributed by atoms with E-state index in [-0.39, 0.29) is 61.5 Å². The fourth-order valence-electron chi connectivity index (χ4n) is 17.5. The van der Waals surface area contributed by atoms with Crippen molar-refractivity contribution in [2.45, 2.75) is 118 Å². The highest BCUT2D eigenvalue weighted by Gasteiger charge is 2.48. The van der Waals surface area contributed by atoms with Gasteiger partial charge in [0.2, 0.25) is 0 Å². The molecule has 9 heterocycles. The van der Waals surface area contributed by atoms with Crippen molar-refractivity contribution in [1.82, 2.24) is 74.5 Å². The monoisotopic (exact) mass is 1580 g/mol. The van der Waals surface area contributed by atoms with Crippen molar-refractivity contribution in [2.75, 3.05) is 23.4 Å². The number of aliphatic hydroxyl groups is 1. The summed E-state index contributed by atoms with van der Waals surface area (Å²) in [5.41, 5.74) is 24.6. The molecule has 119 heavy (non-hydrogen) atoms. The highest BCUT2D eigenvalue weighted by molar-refractivity contribution is 6.06. The van der Waals surface area contributed by atoms with Gasteiger partial charge in [0.15, 0.2) is 39.9 Å².